The van der Waals surface area contributed by atoms with Crippen molar-refractivity contribution < 1.29 is 14.7 Å². The van der Waals surface area contributed by atoms with Gasteiger partial charge in [0.1, 0.15) is 0 Å². The van der Waals surface area contributed by atoms with E-state index in [-0.39, 0.29) is 18.7 Å². The van der Waals surface area contributed by atoms with Gasteiger partial charge in [0.2, 0.25) is 11.0 Å². The Bertz CT molecular complexity index is 1030. The van der Waals surface area contributed by atoms with Gasteiger partial charge in [-0.1, -0.05) is 24.3 Å². The van der Waals surface area contributed by atoms with Crippen molar-refractivity contribution in [1.82, 2.24) is 4.98 Å². The SMILES string of the molecule is CSc1ccc(CN=Nc2nc(-c3ccc(NC(=O)CCC(=O)O)cc3)cs2)cc1. The predicted octanol–water partition coefficient (Wildman–Crippen LogP) is 5.62. The number of carbonyl (C=O) groups is 2. The Labute approximate surface area is 182 Å². The van der Waals surface area contributed by atoms with Crippen molar-refractivity contribution in [3.8, 4) is 11.3 Å². The van der Waals surface area contributed by atoms with Crippen LogP contribution in [0.3, 0.4) is 0 Å². The molecular formula is C21H20N4O3S2. The van der Waals surface area contributed by atoms with Crippen molar-refractivity contribution in [3.05, 3.63) is 59.5 Å². The number of thioether (sulfide) groups is 1. The summed E-state index contributed by atoms with van der Waals surface area (Å²) in [5.74, 6) is -1.32. The van der Waals surface area contributed by atoms with Crippen LogP contribution < -0.4 is 5.32 Å². The molecule has 2 N–H and O–H groups in total. The maximum atomic E-state index is 11.7. The first-order valence-electron chi connectivity index (χ1n) is 9.11. The minimum absolute atomic E-state index is 0.0563. The van der Waals surface area contributed by atoms with Crippen molar-refractivity contribution in [2.75, 3.05) is 11.6 Å². The number of benzene rings is 2. The molecule has 154 valence electrons. The van der Waals surface area contributed by atoms with Gasteiger partial charge in [-0.15, -0.1) is 28.2 Å². The van der Waals surface area contributed by atoms with Gasteiger partial charge in [0.25, 0.3) is 0 Å². The summed E-state index contributed by atoms with van der Waals surface area (Å²) in [6.45, 7) is 0.500. The summed E-state index contributed by atoms with van der Waals surface area (Å²) in [4.78, 5) is 27.9. The molecule has 2 aromatic carbocycles. The minimum atomic E-state index is -0.995. The first kappa shape index (κ1) is 21.7. The Morgan fingerprint density at radius 1 is 1.10 bits per heavy atom. The van der Waals surface area contributed by atoms with Crippen molar-refractivity contribution in [2.45, 2.75) is 24.3 Å². The summed E-state index contributed by atoms with van der Waals surface area (Å²) >= 11 is 3.11. The standard InChI is InChI=1S/C21H20N4O3S2/c1-29-17-8-2-14(3-9-17)12-22-25-21-24-18(13-30-21)15-4-6-16(7-5-15)23-19(26)10-11-20(27)28/h2-9,13H,10-12H2,1H3,(H,23,26)(H,27,28). The maximum absolute atomic E-state index is 11.7. The molecule has 1 aromatic heterocycles. The number of amides is 1. The number of aromatic nitrogens is 1. The topological polar surface area (TPSA) is 104 Å². The Kier molecular flexibility index (Phi) is 7.69. The van der Waals surface area contributed by atoms with Gasteiger partial charge >= 0.3 is 5.97 Å². The maximum Gasteiger partial charge on any atom is 0.303 e. The number of thiazole rings is 1. The largest absolute Gasteiger partial charge is 0.481 e. The molecule has 1 amide bonds. The number of hydrogen-bond donors (Lipinski definition) is 2. The van der Waals surface area contributed by atoms with Crippen LogP contribution in [0.5, 0.6) is 0 Å². The monoisotopic (exact) mass is 440 g/mol. The van der Waals surface area contributed by atoms with Crippen LogP contribution in [-0.2, 0) is 16.1 Å². The van der Waals surface area contributed by atoms with E-state index < -0.39 is 5.97 Å². The van der Waals surface area contributed by atoms with Gasteiger partial charge in [-0.2, -0.15) is 5.11 Å². The lowest BCUT2D eigenvalue weighted by molar-refractivity contribution is -0.138. The van der Waals surface area contributed by atoms with Gasteiger partial charge in [-0.05, 0) is 36.1 Å². The number of rotatable bonds is 9. The van der Waals surface area contributed by atoms with Crippen molar-refractivity contribution in [2.24, 2.45) is 10.2 Å². The first-order chi connectivity index (χ1) is 14.5. The molecule has 0 aliphatic carbocycles. The van der Waals surface area contributed by atoms with Crippen LogP contribution in [0, 0.1) is 0 Å². The fourth-order valence-electron chi connectivity index (χ4n) is 2.52. The molecule has 0 saturated carbocycles. The zero-order chi connectivity index (χ0) is 21.3. The van der Waals surface area contributed by atoms with Crippen LogP contribution in [0.25, 0.3) is 11.3 Å². The van der Waals surface area contributed by atoms with E-state index in [1.807, 2.05) is 35.9 Å². The Morgan fingerprint density at radius 3 is 2.50 bits per heavy atom. The molecule has 0 unspecified atom stereocenters. The molecule has 0 bridgehead atoms. The van der Waals surface area contributed by atoms with E-state index in [4.69, 9.17) is 5.11 Å². The van der Waals surface area contributed by atoms with E-state index in [0.717, 1.165) is 16.8 Å². The van der Waals surface area contributed by atoms with E-state index in [0.29, 0.717) is 17.4 Å². The molecule has 7 nitrogen and oxygen atoms in total. The number of nitrogens with zero attached hydrogens (tertiary/aromatic N) is 3. The number of hydrogen-bond acceptors (Lipinski definition) is 7. The van der Waals surface area contributed by atoms with Crippen LogP contribution in [0.4, 0.5) is 10.8 Å². The van der Waals surface area contributed by atoms with Gasteiger partial charge in [-0.3, -0.25) is 9.59 Å². The number of nitrogens with one attached hydrogen (secondary N) is 1. The number of carbonyl (C=O) groups excluding carboxylic acids is 1. The normalized spacial score (nSPS) is 11.0. The van der Waals surface area contributed by atoms with E-state index >= 15 is 0 Å². The van der Waals surface area contributed by atoms with Crippen molar-refractivity contribution >= 4 is 45.8 Å². The van der Waals surface area contributed by atoms with Crippen LogP contribution >= 0.6 is 23.1 Å². The summed E-state index contributed by atoms with van der Waals surface area (Å²) in [6, 6.07) is 15.4. The zero-order valence-corrected chi connectivity index (χ0v) is 17.9. The second-order valence-electron chi connectivity index (χ2n) is 6.28. The molecular weight excluding hydrogens is 420 g/mol. The molecule has 9 heteroatoms. The average molecular weight is 441 g/mol. The third-order valence-corrected chi connectivity index (χ3v) is 5.56. The second kappa shape index (κ2) is 10.7. The summed E-state index contributed by atoms with van der Waals surface area (Å²) < 4.78 is 0. The Balaban J connectivity index is 1.55. The quantitative estimate of drug-likeness (QED) is 0.332. The third kappa shape index (κ3) is 6.50. The summed E-state index contributed by atoms with van der Waals surface area (Å²) in [7, 11) is 0. The molecule has 3 rings (SSSR count). The highest BCUT2D eigenvalue weighted by molar-refractivity contribution is 7.98. The first-order valence-corrected chi connectivity index (χ1v) is 11.2. The molecule has 0 spiro atoms. The lowest BCUT2D eigenvalue weighted by Gasteiger charge is -2.05. The van der Waals surface area contributed by atoms with E-state index in [2.05, 4.69) is 32.7 Å². The Hall–Kier alpha value is -3.04. The van der Waals surface area contributed by atoms with Crippen LogP contribution in [0.15, 0.2) is 69.0 Å². The minimum Gasteiger partial charge on any atom is -0.481 e. The summed E-state index contributed by atoms with van der Waals surface area (Å²) in [5, 5.41) is 22.2. The van der Waals surface area contributed by atoms with Crippen molar-refractivity contribution in [1.29, 1.82) is 0 Å². The number of aliphatic carboxylic acids is 1. The van der Waals surface area contributed by atoms with Gasteiger partial charge in [-0.25, -0.2) is 4.98 Å². The molecule has 0 aliphatic rings. The number of carboxylic acid groups (broad SMARTS) is 1. The molecule has 0 aliphatic heterocycles. The lowest BCUT2D eigenvalue weighted by Crippen LogP contribution is -2.13. The second-order valence-corrected chi connectivity index (χ2v) is 8.00. The molecule has 3 aromatic rings. The van der Waals surface area contributed by atoms with Crippen LogP contribution in [0.2, 0.25) is 0 Å². The third-order valence-electron chi connectivity index (χ3n) is 4.09. The van der Waals surface area contributed by atoms with E-state index in [1.165, 1.54) is 16.2 Å². The molecule has 1 heterocycles. The van der Waals surface area contributed by atoms with Gasteiger partial charge in [0.05, 0.1) is 18.7 Å². The average Bonchev–Trinajstić information content (AvgIpc) is 3.22. The van der Waals surface area contributed by atoms with E-state index in [9.17, 15) is 9.59 Å². The Morgan fingerprint density at radius 2 is 1.83 bits per heavy atom. The highest BCUT2D eigenvalue weighted by Crippen LogP contribution is 2.28. The van der Waals surface area contributed by atoms with Crippen molar-refractivity contribution in [3.63, 3.8) is 0 Å². The number of carboxylic acids is 1. The number of azo groups is 1. The van der Waals surface area contributed by atoms with Gasteiger partial charge in [0, 0.05) is 27.9 Å². The molecule has 0 saturated heterocycles. The summed E-state index contributed by atoms with van der Waals surface area (Å²) in [6.07, 6.45) is 1.79. The van der Waals surface area contributed by atoms with Gasteiger partial charge < -0.3 is 10.4 Å². The fraction of sp³-hybridized carbons (Fsp3) is 0.190. The molecule has 0 atom stereocenters. The highest BCUT2D eigenvalue weighted by Gasteiger charge is 2.07. The predicted molar refractivity (Wildman–Crippen MR) is 119 cm³/mol. The van der Waals surface area contributed by atoms with Crippen LogP contribution in [0.1, 0.15) is 18.4 Å². The summed E-state index contributed by atoms with van der Waals surface area (Å²) in [5.41, 5.74) is 3.37. The highest BCUT2D eigenvalue weighted by atomic mass is 32.2. The smallest absolute Gasteiger partial charge is 0.303 e. The van der Waals surface area contributed by atoms with E-state index in [1.54, 1.807) is 23.9 Å². The lowest BCUT2D eigenvalue weighted by atomic mass is 10.1. The fourth-order valence-corrected chi connectivity index (χ4v) is 3.59. The van der Waals surface area contributed by atoms with Gasteiger partial charge in [0.15, 0.2) is 0 Å². The van der Waals surface area contributed by atoms with Crippen LogP contribution in [-0.4, -0.2) is 28.2 Å². The molecule has 30 heavy (non-hydrogen) atoms. The molecule has 0 fully saturated rings. The molecule has 0 radical (unpaired) electrons. The zero-order valence-electron chi connectivity index (χ0n) is 16.2. The number of anilines is 1.